The second-order valence-electron chi connectivity index (χ2n) is 4.86. The number of hydrazine groups is 1. The number of nitro benzene ring substituents is 1. The van der Waals surface area contributed by atoms with Gasteiger partial charge in [0, 0.05) is 22.9 Å². The summed E-state index contributed by atoms with van der Waals surface area (Å²) in [4.78, 5) is 10.5. The average Bonchev–Trinajstić information content (AvgIpc) is 2.57. The van der Waals surface area contributed by atoms with E-state index < -0.39 is 4.92 Å². The number of hydrogen-bond donors (Lipinski definition) is 4. The summed E-state index contributed by atoms with van der Waals surface area (Å²) in [6.07, 6.45) is 0. The lowest BCUT2D eigenvalue weighted by molar-refractivity contribution is -0.383. The highest BCUT2D eigenvalue weighted by Crippen LogP contribution is 2.38. The van der Waals surface area contributed by atoms with E-state index in [2.05, 4.69) is 10.9 Å². The highest BCUT2D eigenvalue weighted by atomic mass is 16.6. The van der Waals surface area contributed by atoms with Crippen molar-refractivity contribution in [1.82, 2.24) is 0 Å². The third-order valence-electron chi connectivity index (χ3n) is 3.43. The number of fused-ring (bicyclic) bond motifs is 1. The van der Waals surface area contributed by atoms with Crippen molar-refractivity contribution in [2.45, 2.75) is 0 Å². The molecule has 0 aliphatic rings. The highest BCUT2D eigenvalue weighted by molar-refractivity contribution is 5.97. The van der Waals surface area contributed by atoms with Crippen LogP contribution in [0.15, 0.2) is 54.6 Å². The van der Waals surface area contributed by atoms with E-state index in [0.717, 1.165) is 0 Å². The summed E-state index contributed by atoms with van der Waals surface area (Å²) in [6, 6.07) is 14.3. The molecular weight excluding hydrogens is 298 g/mol. The normalized spacial score (nSPS) is 10.4. The van der Waals surface area contributed by atoms with Crippen molar-refractivity contribution in [3.05, 3.63) is 64.7 Å². The molecule has 3 aromatic rings. The molecule has 3 rings (SSSR count). The standard InChI is InChI=1S/C16H13N3O4/c20-15-9-13(16(21)11-6-2-1-5-10(11)15)18-17-12-7-3-4-8-14(12)19(22)23/h1-9,17-18,20-21H. The fourth-order valence-electron chi connectivity index (χ4n) is 2.31. The minimum atomic E-state index is -0.512. The Hall–Kier alpha value is -3.48. The fourth-order valence-corrected chi connectivity index (χ4v) is 2.31. The number of anilines is 2. The Balaban J connectivity index is 1.94. The summed E-state index contributed by atoms with van der Waals surface area (Å²) in [5.41, 5.74) is 5.71. The third kappa shape index (κ3) is 2.67. The molecule has 0 radical (unpaired) electrons. The van der Waals surface area contributed by atoms with E-state index in [1.807, 2.05) is 0 Å². The fraction of sp³-hybridized carbons (Fsp3) is 0. The lowest BCUT2D eigenvalue weighted by Crippen LogP contribution is -2.10. The molecule has 0 bridgehead atoms. The van der Waals surface area contributed by atoms with E-state index in [9.17, 15) is 20.3 Å². The van der Waals surface area contributed by atoms with Crippen molar-refractivity contribution in [3.63, 3.8) is 0 Å². The van der Waals surface area contributed by atoms with E-state index >= 15 is 0 Å². The molecule has 0 fully saturated rings. The first-order chi connectivity index (χ1) is 11.1. The minimum absolute atomic E-state index is 0.00902. The smallest absolute Gasteiger partial charge is 0.294 e. The first-order valence-electron chi connectivity index (χ1n) is 6.77. The molecule has 23 heavy (non-hydrogen) atoms. The first kappa shape index (κ1) is 14.5. The van der Waals surface area contributed by atoms with E-state index in [1.54, 1.807) is 36.4 Å². The molecule has 7 heteroatoms. The maximum atomic E-state index is 11.0. The van der Waals surface area contributed by atoms with Crippen LogP contribution in [0, 0.1) is 10.1 Å². The van der Waals surface area contributed by atoms with Gasteiger partial charge < -0.3 is 10.2 Å². The van der Waals surface area contributed by atoms with Gasteiger partial charge in [-0.05, 0) is 6.07 Å². The second kappa shape index (κ2) is 5.72. The number of phenols is 2. The molecular formula is C16H13N3O4. The number of nitrogens with one attached hydrogen (secondary N) is 2. The average molecular weight is 311 g/mol. The Morgan fingerprint density at radius 1 is 0.870 bits per heavy atom. The molecule has 0 saturated heterocycles. The zero-order valence-electron chi connectivity index (χ0n) is 11.9. The number of para-hydroxylation sites is 2. The van der Waals surface area contributed by atoms with Gasteiger partial charge in [0.2, 0.25) is 0 Å². The molecule has 7 nitrogen and oxygen atoms in total. The predicted octanol–water partition coefficient (Wildman–Crippen LogP) is 3.60. The van der Waals surface area contributed by atoms with Crippen molar-refractivity contribution in [2.24, 2.45) is 0 Å². The number of nitrogens with zero attached hydrogens (tertiary/aromatic N) is 1. The molecule has 0 spiro atoms. The van der Waals surface area contributed by atoms with Gasteiger partial charge in [0.1, 0.15) is 22.9 Å². The Morgan fingerprint density at radius 2 is 1.48 bits per heavy atom. The Bertz CT molecular complexity index is 896. The molecule has 0 aromatic heterocycles. The lowest BCUT2D eigenvalue weighted by atomic mass is 10.1. The molecule has 0 atom stereocenters. The van der Waals surface area contributed by atoms with Crippen molar-refractivity contribution in [1.29, 1.82) is 0 Å². The van der Waals surface area contributed by atoms with Gasteiger partial charge in [-0.15, -0.1) is 0 Å². The van der Waals surface area contributed by atoms with E-state index in [-0.39, 0.29) is 28.6 Å². The predicted molar refractivity (Wildman–Crippen MR) is 87.6 cm³/mol. The molecule has 0 aliphatic carbocycles. The van der Waals surface area contributed by atoms with Crippen molar-refractivity contribution >= 4 is 27.8 Å². The quantitative estimate of drug-likeness (QED) is 0.254. The van der Waals surface area contributed by atoms with Gasteiger partial charge >= 0.3 is 0 Å². The zero-order valence-corrected chi connectivity index (χ0v) is 11.9. The summed E-state index contributed by atoms with van der Waals surface area (Å²) >= 11 is 0. The summed E-state index contributed by atoms with van der Waals surface area (Å²) < 4.78 is 0. The summed E-state index contributed by atoms with van der Waals surface area (Å²) in [5, 5.41) is 32.3. The van der Waals surface area contributed by atoms with Crippen LogP contribution in [0.3, 0.4) is 0 Å². The zero-order chi connectivity index (χ0) is 16.4. The van der Waals surface area contributed by atoms with Crippen molar-refractivity contribution < 1.29 is 15.1 Å². The van der Waals surface area contributed by atoms with Gasteiger partial charge in [-0.1, -0.05) is 36.4 Å². The van der Waals surface area contributed by atoms with Crippen LogP contribution in [0.2, 0.25) is 0 Å². The minimum Gasteiger partial charge on any atom is -0.507 e. The van der Waals surface area contributed by atoms with Gasteiger partial charge in [0.15, 0.2) is 0 Å². The summed E-state index contributed by atoms with van der Waals surface area (Å²) in [6.45, 7) is 0. The molecule has 3 aromatic carbocycles. The second-order valence-corrected chi connectivity index (χ2v) is 4.86. The largest absolute Gasteiger partial charge is 0.507 e. The third-order valence-corrected chi connectivity index (χ3v) is 3.43. The Labute approximate surface area is 130 Å². The molecule has 0 amide bonds. The summed E-state index contributed by atoms with van der Waals surface area (Å²) in [7, 11) is 0. The SMILES string of the molecule is O=[N+]([O-])c1ccccc1NNc1cc(O)c2ccccc2c1O. The molecule has 0 saturated carbocycles. The topological polar surface area (TPSA) is 108 Å². The van der Waals surface area contributed by atoms with Crippen LogP contribution in [-0.2, 0) is 0 Å². The summed E-state index contributed by atoms with van der Waals surface area (Å²) in [5.74, 6) is -0.0743. The van der Waals surface area contributed by atoms with Gasteiger partial charge in [-0.3, -0.25) is 21.0 Å². The van der Waals surface area contributed by atoms with Crippen LogP contribution in [-0.4, -0.2) is 15.1 Å². The van der Waals surface area contributed by atoms with Crippen LogP contribution in [0.1, 0.15) is 0 Å². The van der Waals surface area contributed by atoms with Crippen molar-refractivity contribution in [2.75, 3.05) is 10.9 Å². The van der Waals surface area contributed by atoms with Crippen LogP contribution < -0.4 is 10.9 Å². The molecule has 4 N–H and O–H groups in total. The highest BCUT2D eigenvalue weighted by Gasteiger charge is 2.14. The number of rotatable bonds is 4. The maximum Gasteiger partial charge on any atom is 0.294 e. The van der Waals surface area contributed by atoms with Crippen LogP contribution in [0.4, 0.5) is 17.1 Å². The van der Waals surface area contributed by atoms with Crippen LogP contribution >= 0.6 is 0 Å². The molecule has 0 unspecified atom stereocenters. The molecule has 0 aliphatic heterocycles. The Morgan fingerprint density at radius 3 is 2.22 bits per heavy atom. The van der Waals surface area contributed by atoms with Crippen molar-refractivity contribution in [3.8, 4) is 11.5 Å². The lowest BCUT2D eigenvalue weighted by Gasteiger charge is -2.13. The molecule has 116 valence electrons. The first-order valence-corrected chi connectivity index (χ1v) is 6.77. The maximum absolute atomic E-state index is 11.0. The van der Waals surface area contributed by atoms with Gasteiger partial charge in [0.25, 0.3) is 5.69 Å². The number of benzene rings is 3. The number of hydrogen-bond acceptors (Lipinski definition) is 6. The van der Waals surface area contributed by atoms with Crippen LogP contribution in [0.5, 0.6) is 11.5 Å². The van der Waals surface area contributed by atoms with E-state index in [4.69, 9.17) is 0 Å². The van der Waals surface area contributed by atoms with Gasteiger partial charge in [-0.2, -0.15) is 0 Å². The van der Waals surface area contributed by atoms with Gasteiger partial charge in [0.05, 0.1) is 4.92 Å². The van der Waals surface area contributed by atoms with Crippen LogP contribution in [0.25, 0.3) is 10.8 Å². The monoisotopic (exact) mass is 311 g/mol. The van der Waals surface area contributed by atoms with E-state index in [0.29, 0.717) is 10.8 Å². The Kier molecular flexibility index (Phi) is 3.60. The molecule has 0 heterocycles. The number of phenolic OH excluding ortho intramolecular Hbond substituents is 2. The van der Waals surface area contributed by atoms with Gasteiger partial charge in [-0.25, -0.2) is 0 Å². The number of nitro groups is 1. The van der Waals surface area contributed by atoms with E-state index in [1.165, 1.54) is 18.2 Å². The number of aromatic hydroxyl groups is 2.